The van der Waals surface area contributed by atoms with E-state index in [1.807, 2.05) is 13.1 Å². The van der Waals surface area contributed by atoms with Gasteiger partial charge in [0.15, 0.2) is 11.6 Å². The Kier molecular flexibility index (Phi) is 8.40. The fourth-order valence-electron chi connectivity index (χ4n) is 6.70. The molecule has 3 aliphatic rings. The zero-order valence-corrected chi connectivity index (χ0v) is 24.7. The maximum atomic E-state index is 16.6. The van der Waals surface area contributed by atoms with E-state index >= 15 is 8.78 Å². The number of hydrogen-bond donors (Lipinski definition) is 0. The molecule has 0 radical (unpaired) electrons. The molecule has 1 aromatic carbocycles. The monoisotopic (exact) mass is 605 g/mol. The lowest BCUT2D eigenvalue weighted by atomic mass is 9.87. The zero-order chi connectivity index (χ0) is 31.0. The summed E-state index contributed by atoms with van der Waals surface area (Å²) in [7, 11) is 2.01. The van der Waals surface area contributed by atoms with Crippen molar-refractivity contribution in [1.29, 1.82) is 5.26 Å². The first kappa shape index (κ1) is 29.8. The summed E-state index contributed by atoms with van der Waals surface area (Å²) < 4.78 is 52.4. The van der Waals surface area contributed by atoms with E-state index in [1.54, 1.807) is 11.1 Å². The van der Waals surface area contributed by atoms with Crippen LogP contribution in [0.1, 0.15) is 43.2 Å². The average Bonchev–Trinajstić information content (AvgIpc) is 3.44. The Hall–Kier alpha value is -4.24. The van der Waals surface area contributed by atoms with Gasteiger partial charge in [-0.05, 0) is 69.3 Å². The molecule has 2 aromatic heterocycles. The second-order valence-electron chi connectivity index (χ2n) is 11.8. The zero-order valence-electron chi connectivity index (χ0n) is 24.7. The van der Waals surface area contributed by atoms with Crippen LogP contribution in [0.15, 0.2) is 30.9 Å². The molecule has 1 aliphatic carbocycles. The molecule has 12 heteroatoms. The third-order valence-corrected chi connectivity index (χ3v) is 9.06. The number of amides is 1. The number of aromatic nitrogens is 3. The first-order valence-corrected chi connectivity index (χ1v) is 15.0. The number of hydrogen-bond acceptors (Lipinski definition) is 8. The lowest BCUT2D eigenvalue weighted by molar-refractivity contribution is -0.131. The Labute approximate surface area is 253 Å². The van der Waals surface area contributed by atoms with Gasteiger partial charge in [-0.15, -0.1) is 0 Å². The Morgan fingerprint density at radius 2 is 1.95 bits per heavy atom. The molecule has 6 rings (SSSR count). The summed E-state index contributed by atoms with van der Waals surface area (Å²) >= 11 is 0. The molecule has 4 heterocycles. The summed E-state index contributed by atoms with van der Waals surface area (Å²) in [5, 5.41) is 9.58. The summed E-state index contributed by atoms with van der Waals surface area (Å²) in [6, 6.07) is 2.69. The van der Waals surface area contributed by atoms with Crippen LogP contribution >= 0.6 is 0 Å². The highest BCUT2D eigenvalue weighted by atomic mass is 19.1. The van der Waals surface area contributed by atoms with Crippen molar-refractivity contribution in [3.63, 3.8) is 0 Å². The van der Waals surface area contributed by atoms with Crippen molar-refractivity contribution in [2.24, 2.45) is 0 Å². The quantitative estimate of drug-likeness (QED) is 0.357. The first-order valence-electron chi connectivity index (χ1n) is 15.0. The lowest BCUT2D eigenvalue weighted by Crippen LogP contribution is -2.55. The van der Waals surface area contributed by atoms with Crippen LogP contribution in [-0.4, -0.2) is 82.6 Å². The molecule has 2 atom stereocenters. The maximum Gasteiger partial charge on any atom is 0.319 e. The van der Waals surface area contributed by atoms with E-state index in [9.17, 15) is 14.4 Å². The number of halogens is 3. The number of rotatable bonds is 7. The number of benzene rings is 1. The van der Waals surface area contributed by atoms with Gasteiger partial charge >= 0.3 is 6.01 Å². The third kappa shape index (κ3) is 5.56. The molecule has 2 fully saturated rings. The van der Waals surface area contributed by atoms with Crippen LogP contribution in [0.25, 0.3) is 22.0 Å². The number of carbonyl (C=O) groups excluding carboxylic acids is 1. The van der Waals surface area contributed by atoms with Crippen molar-refractivity contribution in [3.05, 3.63) is 53.6 Å². The van der Waals surface area contributed by atoms with Gasteiger partial charge in [0.1, 0.15) is 23.8 Å². The highest BCUT2D eigenvalue weighted by Gasteiger charge is 2.34. The topological polar surface area (TPSA) is 98.5 Å². The Bertz CT molecular complexity index is 1660. The molecular weight excluding hydrogens is 571 g/mol. The number of fused-ring (bicyclic) bond motifs is 2. The number of likely N-dealkylation sites (tertiary alicyclic amines) is 1. The smallest absolute Gasteiger partial charge is 0.319 e. The van der Waals surface area contributed by atoms with E-state index < -0.39 is 29.4 Å². The van der Waals surface area contributed by atoms with Crippen molar-refractivity contribution >= 4 is 22.6 Å². The summed E-state index contributed by atoms with van der Waals surface area (Å²) in [5.41, 5.74) is 2.03. The second kappa shape index (κ2) is 12.4. The van der Waals surface area contributed by atoms with Gasteiger partial charge in [-0.25, -0.2) is 13.2 Å². The van der Waals surface area contributed by atoms with Crippen molar-refractivity contribution in [2.45, 2.75) is 57.0 Å². The molecule has 9 nitrogen and oxygen atoms in total. The van der Waals surface area contributed by atoms with Crippen LogP contribution in [0.3, 0.4) is 0 Å². The summed E-state index contributed by atoms with van der Waals surface area (Å²) in [4.78, 5) is 31.0. The molecule has 1 amide bonds. The molecule has 0 unspecified atom stereocenters. The minimum atomic E-state index is -1.12. The molecule has 0 bridgehead atoms. The van der Waals surface area contributed by atoms with Gasteiger partial charge in [0, 0.05) is 49.0 Å². The standard InChI is InChI=1S/C32H34F3N7O2/c1-19(33)31(43)42-13-12-41(17-21(42)9-10-36)30-24-14-26(34)27(25-16-37-15-20-6-3-4-8-23(20)25)28(35)29(24)38-32(39-30)44-18-22-7-5-11-40(22)2/h14-16,21-22H,1,3-9,11-13,17-18H2,2H3/t21-,22-/m0/s1. The minimum Gasteiger partial charge on any atom is -0.462 e. The summed E-state index contributed by atoms with van der Waals surface area (Å²) in [6.45, 7) is 4.68. The van der Waals surface area contributed by atoms with Crippen LogP contribution in [0.2, 0.25) is 0 Å². The van der Waals surface area contributed by atoms with E-state index in [0.29, 0.717) is 18.6 Å². The highest BCUT2D eigenvalue weighted by Crippen LogP contribution is 2.39. The van der Waals surface area contributed by atoms with Crippen molar-refractivity contribution < 1.29 is 22.7 Å². The number of anilines is 1. The number of aryl methyl sites for hydroxylation is 1. The predicted octanol–water partition coefficient (Wildman–Crippen LogP) is 4.74. The number of pyridine rings is 1. The molecule has 2 saturated heterocycles. The van der Waals surface area contributed by atoms with E-state index in [2.05, 4.69) is 26.4 Å². The van der Waals surface area contributed by atoms with E-state index in [1.165, 1.54) is 17.2 Å². The fraction of sp³-hybridized carbons (Fsp3) is 0.469. The highest BCUT2D eigenvalue weighted by molar-refractivity contribution is 5.95. The van der Waals surface area contributed by atoms with Crippen molar-refractivity contribution in [2.75, 3.05) is 44.7 Å². The van der Waals surface area contributed by atoms with Crippen molar-refractivity contribution in [1.82, 2.24) is 24.8 Å². The molecular formula is C32H34F3N7O2. The molecule has 0 saturated carbocycles. The van der Waals surface area contributed by atoms with Gasteiger partial charge in [0.2, 0.25) is 0 Å². The van der Waals surface area contributed by atoms with Gasteiger partial charge in [0.05, 0.1) is 24.1 Å². The molecule has 2 aliphatic heterocycles. The molecule has 3 aromatic rings. The van der Waals surface area contributed by atoms with Gasteiger partial charge in [-0.3, -0.25) is 9.78 Å². The molecule has 0 N–H and O–H groups in total. The van der Waals surface area contributed by atoms with Gasteiger partial charge < -0.3 is 19.4 Å². The van der Waals surface area contributed by atoms with Crippen LogP contribution in [0.5, 0.6) is 6.01 Å². The fourth-order valence-corrected chi connectivity index (χ4v) is 6.70. The largest absolute Gasteiger partial charge is 0.462 e. The van der Waals surface area contributed by atoms with Crippen LogP contribution in [0.4, 0.5) is 19.0 Å². The van der Waals surface area contributed by atoms with Crippen LogP contribution in [-0.2, 0) is 17.6 Å². The number of piperazine rings is 1. The number of ether oxygens (including phenoxy) is 1. The Balaban J connectivity index is 1.45. The summed E-state index contributed by atoms with van der Waals surface area (Å²) in [5.74, 6) is -3.38. The SMILES string of the molecule is C=C(F)C(=O)N1CCN(c2nc(OC[C@@H]3CCCN3C)nc3c(F)c(-c4cncc5c4CCCC5)c(F)cc23)C[C@@H]1CC#N. The predicted molar refractivity (Wildman–Crippen MR) is 159 cm³/mol. The van der Waals surface area contributed by atoms with Gasteiger partial charge in [-0.2, -0.15) is 15.2 Å². The van der Waals surface area contributed by atoms with Gasteiger partial charge in [-0.1, -0.05) is 6.58 Å². The number of nitrogens with zero attached hydrogens (tertiary/aromatic N) is 7. The molecule has 230 valence electrons. The second-order valence-corrected chi connectivity index (χ2v) is 11.8. The van der Waals surface area contributed by atoms with Crippen LogP contribution in [0, 0.1) is 23.0 Å². The van der Waals surface area contributed by atoms with Crippen LogP contribution < -0.4 is 9.64 Å². The van der Waals surface area contributed by atoms with E-state index in [4.69, 9.17) is 4.74 Å². The Morgan fingerprint density at radius 3 is 2.70 bits per heavy atom. The lowest BCUT2D eigenvalue weighted by Gasteiger charge is -2.41. The minimum absolute atomic E-state index is 0.0510. The number of carbonyl (C=O) groups is 1. The molecule has 0 spiro atoms. The number of likely N-dealkylation sites (N-methyl/N-ethyl adjacent to an activating group) is 1. The summed E-state index contributed by atoms with van der Waals surface area (Å²) in [6.07, 6.45) is 8.62. The van der Waals surface area contributed by atoms with E-state index in [0.717, 1.165) is 49.8 Å². The third-order valence-electron chi connectivity index (χ3n) is 9.06. The normalized spacial score (nSPS) is 20.4. The van der Waals surface area contributed by atoms with E-state index in [-0.39, 0.29) is 60.4 Å². The Morgan fingerprint density at radius 1 is 1.14 bits per heavy atom. The van der Waals surface area contributed by atoms with Gasteiger partial charge in [0.25, 0.3) is 5.91 Å². The first-order chi connectivity index (χ1) is 21.3. The van der Waals surface area contributed by atoms with Crippen molar-refractivity contribution in [3.8, 4) is 23.2 Å². The molecule has 44 heavy (non-hydrogen) atoms. The maximum absolute atomic E-state index is 16.6. The number of nitriles is 1. The average molecular weight is 606 g/mol.